The summed E-state index contributed by atoms with van der Waals surface area (Å²) in [5.74, 6) is 1.62. The molecule has 0 spiro atoms. The number of rotatable bonds is 5. The van der Waals surface area contributed by atoms with Crippen molar-refractivity contribution in [2.45, 2.75) is 25.7 Å². The van der Waals surface area contributed by atoms with Gasteiger partial charge in [-0.25, -0.2) is 4.98 Å². The van der Waals surface area contributed by atoms with Crippen LogP contribution in [0, 0.1) is 11.3 Å². The molecule has 0 saturated heterocycles. The van der Waals surface area contributed by atoms with Crippen molar-refractivity contribution in [1.29, 1.82) is 0 Å². The molecule has 4 unspecified atom stereocenters. The first-order valence-corrected chi connectivity index (χ1v) is 20.2. The normalized spacial score (nSPS) is 20.9. The molecule has 4 atom stereocenters. The number of imidazole rings is 1. The lowest BCUT2D eigenvalue weighted by Gasteiger charge is -2.48. The molecule has 8 aromatic rings. The van der Waals surface area contributed by atoms with Gasteiger partial charge in [-0.3, -0.25) is 4.57 Å². The molecule has 57 heavy (non-hydrogen) atoms. The molecule has 0 radical (unpaired) electrons. The van der Waals surface area contributed by atoms with Crippen molar-refractivity contribution in [2.75, 3.05) is 0 Å². The molecule has 0 N–H and O–H groups in total. The predicted octanol–water partition coefficient (Wildman–Crippen LogP) is 13.9. The van der Waals surface area contributed by atoms with Crippen molar-refractivity contribution in [3.63, 3.8) is 0 Å². The molecule has 0 aliphatic heterocycles. The van der Waals surface area contributed by atoms with E-state index in [4.69, 9.17) is 4.98 Å². The Labute approximate surface area is 334 Å². The van der Waals surface area contributed by atoms with Crippen molar-refractivity contribution in [1.82, 2.24) is 9.55 Å². The zero-order chi connectivity index (χ0) is 38.1. The first kappa shape index (κ1) is 33.6. The zero-order valence-electron chi connectivity index (χ0n) is 32.2. The van der Waals surface area contributed by atoms with Gasteiger partial charge in [-0.05, 0) is 97.1 Å². The van der Waals surface area contributed by atoms with Gasteiger partial charge in [0, 0.05) is 28.5 Å². The molecule has 3 aliphatic carbocycles. The van der Waals surface area contributed by atoms with E-state index in [0.29, 0.717) is 5.92 Å². The van der Waals surface area contributed by atoms with Gasteiger partial charge in [0.15, 0.2) is 0 Å². The van der Waals surface area contributed by atoms with E-state index in [1.807, 2.05) is 0 Å². The molecule has 2 heteroatoms. The third-order valence-corrected chi connectivity index (χ3v) is 12.9. The van der Waals surface area contributed by atoms with Crippen LogP contribution in [0.4, 0.5) is 0 Å². The second-order valence-corrected chi connectivity index (χ2v) is 16.1. The Bertz CT molecular complexity index is 2990. The van der Waals surface area contributed by atoms with E-state index >= 15 is 0 Å². The van der Waals surface area contributed by atoms with Crippen molar-refractivity contribution >= 4 is 39.0 Å². The maximum absolute atomic E-state index is 5.15. The lowest BCUT2D eigenvalue weighted by molar-refractivity contribution is 0.445. The van der Waals surface area contributed by atoms with Gasteiger partial charge in [-0.15, -0.1) is 0 Å². The van der Waals surface area contributed by atoms with E-state index in [-0.39, 0.29) is 17.3 Å². The molecule has 3 aliphatic rings. The highest BCUT2D eigenvalue weighted by atomic mass is 15.1. The van der Waals surface area contributed by atoms with E-state index in [0.717, 1.165) is 28.1 Å². The van der Waals surface area contributed by atoms with Crippen molar-refractivity contribution in [3.05, 3.63) is 233 Å². The molecule has 2 nitrogen and oxygen atoms in total. The molecule has 7 aromatic carbocycles. The van der Waals surface area contributed by atoms with Crippen LogP contribution in [0.3, 0.4) is 0 Å². The number of aromatic nitrogens is 2. The Morgan fingerprint density at radius 2 is 1.28 bits per heavy atom. The quantitative estimate of drug-likeness (QED) is 0.172. The smallest absolute Gasteiger partial charge is 0.145 e. The van der Waals surface area contributed by atoms with E-state index in [2.05, 4.69) is 219 Å². The Morgan fingerprint density at radius 1 is 0.596 bits per heavy atom. The lowest BCUT2D eigenvalue weighted by atomic mass is 9.55. The summed E-state index contributed by atoms with van der Waals surface area (Å²) in [6, 6.07) is 62.0. The number of hydrogen-bond donors (Lipinski definition) is 0. The van der Waals surface area contributed by atoms with Crippen LogP contribution in [-0.4, -0.2) is 9.55 Å². The Kier molecular flexibility index (Phi) is 7.76. The summed E-state index contributed by atoms with van der Waals surface area (Å²) in [6.45, 7) is 4.88. The van der Waals surface area contributed by atoms with Crippen LogP contribution < -0.4 is 0 Å². The summed E-state index contributed by atoms with van der Waals surface area (Å²) in [5.41, 5.74) is 16.1. The van der Waals surface area contributed by atoms with Gasteiger partial charge in [0.25, 0.3) is 0 Å². The van der Waals surface area contributed by atoms with Crippen LogP contribution in [0.2, 0.25) is 0 Å². The third kappa shape index (κ3) is 5.28. The summed E-state index contributed by atoms with van der Waals surface area (Å²) in [4.78, 5) is 5.15. The number of para-hydroxylation sites is 3. The average molecular weight is 731 g/mol. The van der Waals surface area contributed by atoms with Crippen LogP contribution in [0.15, 0.2) is 200 Å². The van der Waals surface area contributed by atoms with Crippen LogP contribution in [0.25, 0.3) is 56.1 Å². The van der Waals surface area contributed by atoms with Gasteiger partial charge < -0.3 is 0 Å². The highest BCUT2D eigenvalue weighted by Crippen LogP contribution is 2.61. The molecule has 11 rings (SSSR count). The molecule has 272 valence electrons. The van der Waals surface area contributed by atoms with Gasteiger partial charge in [-0.2, -0.15) is 0 Å². The van der Waals surface area contributed by atoms with Crippen LogP contribution in [0.1, 0.15) is 59.1 Å². The number of hydrogen-bond acceptors (Lipinski definition) is 1. The lowest BCUT2D eigenvalue weighted by Crippen LogP contribution is -2.34. The summed E-state index contributed by atoms with van der Waals surface area (Å²) in [7, 11) is 0. The van der Waals surface area contributed by atoms with Gasteiger partial charge >= 0.3 is 0 Å². The van der Waals surface area contributed by atoms with Crippen molar-refractivity contribution < 1.29 is 0 Å². The van der Waals surface area contributed by atoms with Gasteiger partial charge in [0.05, 0.1) is 11.0 Å². The minimum Gasteiger partial charge on any atom is -0.292 e. The summed E-state index contributed by atoms with van der Waals surface area (Å²) in [6.07, 6.45) is 12.2. The largest absolute Gasteiger partial charge is 0.292 e. The standard InChI is InChI=1S/C55H42N2/c1-36-27-28-39-16-7-9-21-44(39)51(36)52-45-22-10-11-23-47(45)53(46-24-14-17-38-15-6-8-20-43(38)46)55(2)34-33-41(35-48(52)55)37-29-31-40(32-30-37)54-56-49-25-12-13-26-50(49)57(54)42-18-4-3-5-19-42/h3-36,51,53H,1-2H3. The molecular formula is C55H42N2. The van der Waals surface area contributed by atoms with E-state index in [1.165, 1.54) is 60.9 Å². The molecule has 1 aromatic heterocycles. The number of nitrogens with zero attached hydrogens (tertiary/aromatic N) is 2. The topological polar surface area (TPSA) is 17.8 Å². The predicted molar refractivity (Wildman–Crippen MR) is 238 cm³/mol. The Balaban J connectivity index is 1.11. The van der Waals surface area contributed by atoms with Gasteiger partial charge in [0.2, 0.25) is 0 Å². The molecule has 0 saturated carbocycles. The van der Waals surface area contributed by atoms with E-state index < -0.39 is 0 Å². The minimum absolute atomic E-state index is 0.130. The Morgan fingerprint density at radius 3 is 2.16 bits per heavy atom. The number of benzene rings is 7. The molecule has 0 amide bonds. The minimum atomic E-state index is -0.298. The Hall–Kier alpha value is -6.77. The molecule has 0 fully saturated rings. The molecule has 1 heterocycles. The second-order valence-electron chi connectivity index (χ2n) is 16.1. The zero-order valence-corrected chi connectivity index (χ0v) is 32.2. The fourth-order valence-corrected chi connectivity index (χ4v) is 10.2. The summed E-state index contributed by atoms with van der Waals surface area (Å²) in [5, 5.41) is 2.60. The van der Waals surface area contributed by atoms with Crippen molar-refractivity contribution in [3.8, 4) is 17.1 Å². The van der Waals surface area contributed by atoms with E-state index in [9.17, 15) is 0 Å². The van der Waals surface area contributed by atoms with Crippen LogP contribution in [-0.2, 0) is 0 Å². The van der Waals surface area contributed by atoms with Crippen LogP contribution >= 0.6 is 0 Å². The van der Waals surface area contributed by atoms with Gasteiger partial charge in [-0.1, -0.05) is 184 Å². The van der Waals surface area contributed by atoms with Crippen molar-refractivity contribution in [2.24, 2.45) is 11.3 Å². The SMILES string of the molecule is CC1C=Cc2ccccc2C1C1=C2C=C(c3ccc(-c4nc5ccccc5n4-c4ccccc4)cc3)C=CC2(C)C(c2cccc3ccccc23)c2ccccc21. The second kappa shape index (κ2) is 13.2. The highest BCUT2D eigenvalue weighted by Gasteiger charge is 2.47. The summed E-state index contributed by atoms with van der Waals surface area (Å²) >= 11 is 0. The van der Waals surface area contributed by atoms with E-state index in [1.54, 1.807) is 0 Å². The maximum atomic E-state index is 5.15. The third-order valence-electron chi connectivity index (χ3n) is 12.9. The fourth-order valence-electron chi connectivity index (χ4n) is 10.2. The maximum Gasteiger partial charge on any atom is 0.145 e. The van der Waals surface area contributed by atoms with Gasteiger partial charge in [0.1, 0.15) is 5.82 Å². The first-order valence-electron chi connectivity index (χ1n) is 20.2. The first-order chi connectivity index (χ1) is 28.1. The fraction of sp³-hybridized carbons (Fsp3) is 0.109. The molecular weight excluding hydrogens is 689 g/mol. The average Bonchev–Trinajstić information content (AvgIpc) is 3.66. The molecule has 0 bridgehead atoms. The highest BCUT2D eigenvalue weighted by molar-refractivity contribution is 5.93. The summed E-state index contributed by atoms with van der Waals surface area (Å²) < 4.78 is 2.27. The number of allylic oxidation sites excluding steroid dienone is 7. The monoisotopic (exact) mass is 730 g/mol. The van der Waals surface area contributed by atoms with Crippen LogP contribution in [0.5, 0.6) is 0 Å². The number of fused-ring (bicyclic) bond motifs is 5.